The summed E-state index contributed by atoms with van der Waals surface area (Å²) in [6, 6.07) is 11.4. The van der Waals surface area contributed by atoms with Crippen LogP contribution in [0.15, 0.2) is 46.2 Å². The number of fused-ring (bicyclic) bond motifs is 2. The summed E-state index contributed by atoms with van der Waals surface area (Å²) in [4.78, 5) is 13.3. The highest BCUT2D eigenvalue weighted by Crippen LogP contribution is 2.45. The molecule has 0 fully saturated rings. The van der Waals surface area contributed by atoms with Crippen molar-refractivity contribution >= 4 is 29.1 Å². The minimum Gasteiger partial charge on any atom is -0.478 e. The fourth-order valence-electron chi connectivity index (χ4n) is 1.99. The predicted octanol–water partition coefficient (Wildman–Crippen LogP) is 3.90. The largest absolute Gasteiger partial charge is 0.478 e. The van der Waals surface area contributed by atoms with Gasteiger partial charge in [0.25, 0.3) is 0 Å². The van der Waals surface area contributed by atoms with Gasteiger partial charge < -0.3 is 10.4 Å². The van der Waals surface area contributed by atoms with Crippen LogP contribution in [0.3, 0.4) is 0 Å². The lowest BCUT2D eigenvalue weighted by Crippen LogP contribution is -2.07. The number of anilines is 2. The molecule has 0 saturated heterocycles. The van der Waals surface area contributed by atoms with Crippen molar-refractivity contribution in [3.05, 3.63) is 47.5 Å². The van der Waals surface area contributed by atoms with Gasteiger partial charge in [0.1, 0.15) is 0 Å². The monoisotopic (exact) mass is 257 g/mol. The van der Waals surface area contributed by atoms with Gasteiger partial charge in [-0.15, -0.1) is 0 Å². The van der Waals surface area contributed by atoms with Crippen molar-refractivity contribution in [1.29, 1.82) is 0 Å². The molecule has 18 heavy (non-hydrogen) atoms. The van der Waals surface area contributed by atoms with E-state index in [-0.39, 0.29) is 0 Å². The summed E-state index contributed by atoms with van der Waals surface area (Å²) in [5.74, 6) is -0.907. The fourth-order valence-corrected chi connectivity index (χ4v) is 3.11. The van der Waals surface area contributed by atoms with Gasteiger partial charge in [-0.1, -0.05) is 23.9 Å². The Morgan fingerprint density at radius 2 is 2.06 bits per heavy atom. The molecule has 90 valence electrons. The highest BCUT2D eigenvalue weighted by Gasteiger charge is 2.20. The SMILES string of the molecule is Cc1ccc2c(c1)Sc1cccc(C(=O)O)c1N2. The normalized spacial score (nSPS) is 12.3. The Bertz CT molecular complexity index is 652. The average molecular weight is 257 g/mol. The van der Waals surface area contributed by atoms with Crippen LogP contribution in [0.2, 0.25) is 0 Å². The summed E-state index contributed by atoms with van der Waals surface area (Å²) in [5.41, 5.74) is 3.16. The molecule has 0 aromatic heterocycles. The third kappa shape index (κ3) is 1.75. The molecule has 0 radical (unpaired) electrons. The smallest absolute Gasteiger partial charge is 0.337 e. The number of rotatable bonds is 1. The summed E-state index contributed by atoms with van der Waals surface area (Å²) in [6.45, 7) is 2.05. The van der Waals surface area contributed by atoms with Gasteiger partial charge in [0.15, 0.2) is 0 Å². The molecular weight excluding hydrogens is 246 g/mol. The summed E-state index contributed by atoms with van der Waals surface area (Å²) in [6.07, 6.45) is 0. The zero-order chi connectivity index (χ0) is 12.7. The molecule has 2 N–H and O–H groups in total. The minimum absolute atomic E-state index is 0.311. The van der Waals surface area contributed by atoms with Crippen molar-refractivity contribution in [2.24, 2.45) is 0 Å². The van der Waals surface area contributed by atoms with Gasteiger partial charge in [-0.05, 0) is 36.8 Å². The second-order valence-corrected chi connectivity index (χ2v) is 5.29. The molecule has 0 aliphatic carbocycles. The highest BCUT2D eigenvalue weighted by atomic mass is 32.2. The van der Waals surface area contributed by atoms with Crippen LogP contribution in [0.1, 0.15) is 15.9 Å². The van der Waals surface area contributed by atoms with Crippen LogP contribution in [0.4, 0.5) is 11.4 Å². The zero-order valence-electron chi connectivity index (χ0n) is 9.73. The molecule has 2 aromatic rings. The number of benzene rings is 2. The molecule has 2 aromatic carbocycles. The molecular formula is C14H11NO2S. The molecule has 0 bridgehead atoms. The first-order valence-corrected chi connectivity index (χ1v) is 6.38. The van der Waals surface area contributed by atoms with Gasteiger partial charge in [-0.2, -0.15) is 0 Å². The zero-order valence-corrected chi connectivity index (χ0v) is 10.5. The third-order valence-electron chi connectivity index (χ3n) is 2.87. The number of aromatic carboxylic acids is 1. The second-order valence-electron chi connectivity index (χ2n) is 4.21. The van der Waals surface area contributed by atoms with Gasteiger partial charge in [-0.3, -0.25) is 0 Å². The van der Waals surface area contributed by atoms with E-state index in [4.69, 9.17) is 0 Å². The van der Waals surface area contributed by atoms with Crippen LogP contribution in [-0.4, -0.2) is 11.1 Å². The van der Waals surface area contributed by atoms with Gasteiger partial charge in [0.05, 0.1) is 16.9 Å². The van der Waals surface area contributed by atoms with E-state index < -0.39 is 5.97 Å². The minimum atomic E-state index is -0.907. The van der Waals surface area contributed by atoms with Crippen LogP contribution >= 0.6 is 11.8 Å². The van der Waals surface area contributed by atoms with E-state index in [1.807, 2.05) is 25.1 Å². The van der Waals surface area contributed by atoms with Crippen molar-refractivity contribution in [1.82, 2.24) is 0 Å². The summed E-state index contributed by atoms with van der Waals surface area (Å²) in [7, 11) is 0. The van der Waals surface area contributed by atoms with Crippen molar-refractivity contribution in [2.45, 2.75) is 16.7 Å². The summed E-state index contributed by atoms with van der Waals surface area (Å²) < 4.78 is 0. The number of aryl methyl sites for hydroxylation is 1. The lowest BCUT2D eigenvalue weighted by Gasteiger charge is -2.22. The molecule has 0 atom stereocenters. The molecule has 0 unspecified atom stereocenters. The van der Waals surface area contributed by atoms with Gasteiger partial charge in [0, 0.05) is 9.79 Å². The lowest BCUT2D eigenvalue weighted by molar-refractivity contribution is 0.0698. The summed E-state index contributed by atoms with van der Waals surface area (Å²) in [5, 5.41) is 12.4. The standard InChI is InChI=1S/C14H11NO2S/c1-8-5-6-10-12(7-8)18-11-4-2-3-9(14(16)17)13(11)15-10/h2-7,15H,1H3,(H,16,17). The molecule has 1 heterocycles. The van der Waals surface area contributed by atoms with Crippen molar-refractivity contribution in [3.8, 4) is 0 Å². The van der Waals surface area contributed by atoms with E-state index in [9.17, 15) is 9.90 Å². The Morgan fingerprint density at radius 3 is 2.83 bits per heavy atom. The maximum atomic E-state index is 11.2. The molecule has 0 spiro atoms. The number of nitrogens with one attached hydrogen (secondary N) is 1. The number of hydrogen-bond donors (Lipinski definition) is 2. The molecule has 4 heteroatoms. The maximum absolute atomic E-state index is 11.2. The average Bonchev–Trinajstić information content (AvgIpc) is 2.35. The van der Waals surface area contributed by atoms with E-state index >= 15 is 0 Å². The Hall–Kier alpha value is -1.94. The number of carbonyl (C=O) groups is 1. The Kier molecular flexibility index (Phi) is 2.52. The van der Waals surface area contributed by atoms with Crippen molar-refractivity contribution in [3.63, 3.8) is 0 Å². The number of para-hydroxylation sites is 1. The van der Waals surface area contributed by atoms with E-state index in [1.54, 1.807) is 23.9 Å². The topological polar surface area (TPSA) is 49.3 Å². The second kappa shape index (κ2) is 4.07. The first-order valence-electron chi connectivity index (χ1n) is 5.57. The maximum Gasteiger partial charge on any atom is 0.337 e. The van der Waals surface area contributed by atoms with Crippen LogP contribution in [0.25, 0.3) is 0 Å². The van der Waals surface area contributed by atoms with Crippen molar-refractivity contribution in [2.75, 3.05) is 5.32 Å². The first-order chi connectivity index (χ1) is 8.65. The van der Waals surface area contributed by atoms with Crippen LogP contribution in [0.5, 0.6) is 0 Å². The molecule has 3 nitrogen and oxygen atoms in total. The van der Waals surface area contributed by atoms with E-state index in [1.165, 1.54) is 5.56 Å². The number of carboxylic acid groups (broad SMARTS) is 1. The Labute approximate surface area is 109 Å². The lowest BCUT2D eigenvalue weighted by atomic mass is 10.1. The van der Waals surface area contributed by atoms with Crippen LogP contribution in [-0.2, 0) is 0 Å². The summed E-state index contributed by atoms with van der Waals surface area (Å²) >= 11 is 1.60. The number of hydrogen-bond acceptors (Lipinski definition) is 3. The van der Waals surface area contributed by atoms with Gasteiger partial charge in [0.2, 0.25) is 0 Å². The van der Waals surface area contributed by atoms with Crippen LogP contribution in [0, 0.1) is 6.92 Å². The third-order valence-corrected chi connectivity index (χ3v) is 3.99. The van der Waals surface area contributed by atoms with E-state index in [0.717, 1.165) is 15.5 Å². The molecule has 0 saturated carbocycles. The molecule has 3 rings (SSSR count). The first kappa shape index (κ1) is 11.2. The van der Waals surface area contributed by atoms with E-state index in [0.29, 0.717) is 11.3 Å². The predicted molar refractivity (Wildman–Crippen MR) is 72.0 cm³/mol. The van der Waals surface area contributed by atoms with Gasteiger partial charge >= 0.3 is 5.97 Å². The molecule has 1 aliphatic heterocycles. The van der Waals surface area contributed by atoms with Crippen LogP contribution < -0.4 is 5.32 Å². The Balaban J connectivity index is 2.13. The number of carboxylic acids is 1. The quantitative estimate of drug-likeness (QED) is 0.694. The highest BCUT2D eigenvalue weighted by molar-refractivity contribution is 7.99. The van der Waals surface area contributed by atoms with E-state index in [2.05, 4.69) is 11.4 Å². The Morgan fingerprint density at radius 1 is 1.22 bits per heavy atom. The fraction of sp³-hybridized carbons (Fsp3) is 0.0714. The molecule has 0 amide bonds. The van der Waals surface area contributed by atoms with Gasteiger partial charge in [-0.25, -0.2) is 4.79 Å². The van der Waals surface area contributed by atoms with Crippen molar-refractivity contribution < 1.29 is 9.90 Å². The molecule has 1 aliphatic rings.